The molecule has 0 saturated carbocycles. The largest absolute Gasteiger partial charge is 0.361 e. The van der Waals surface area contributed by atoms with Gasteiger partial charge >= 0.3 is 0 Å². The number of carbonyl (C=O) groups excluding carboxylic acids is 2. The van der Waals surface area contributed by atoms with Gasteiger partial charge in [-0.25, -0.2) is 35.4 Å². The lowest BCUT2D eigenvalue weighted by atomic mass is 10.0. The summed E-state index contributed by atoms with van der Waals surface area (Å²) in [5.74, 6) is 2.94. The van der Waals surface area contributed by atoms with Crippen LogP contribution >= 0.6 is 23.2 Å². The Morgan fingerprint density at radius 3 is 1.59 bits per heavy atom. The molecule has 4 fully saturated rings. The van der Waals surface area contributed by atoms with Crippen molar-refractivity contribution in [2.24, 2.45) is 0 Å². The third-order valence-electron chi connectivity index (χ3n) is 13.9. The maximum absolute atomic E-state index is 13.2. The maximum Gasteiger partial charge on any atom is 0.227 e. The zero-order valence-corrected chi connectivity index (χ0v) is 42.6. The molecule has 18 nitrogen and oxygen atoms in total. The lowest BCUT2D eigenvalue weighted by Gasteiger charge is -2.27. The molecule has 4 atom stereocenters. The molecule has 0 bridgehead atoms. The predicted octanol–water partition coefficient (Wildman–Crippen LogP) is 8.16. The number of sulfonamides is 2. The summed E-state index contributed by atoms with van der Waals surface area (Å²) in [6.07, 6.45) is 5.89. The molecule has 0 radical (unpaired) electrons. The van der Waals surface area contributed by atoms with Crippen molar-refractivity contribution in [3.05, 3.63) is 99.2 Å². The molecule has 3 aromatic carbocycles. The van der Waals surface area contributed by atoms with Crippen LogP contribution < -0.4 is 10.2 Å². The molecule has 4 aliphatic heterocycles. The molecule has 70 heavy (non-hydrogen) atoms. The van der Waals surface area contributed by atoms with E-state index in [1.807, 2.05) is 64.1 Å². The van der Waals surface area contributed by atoms with Gasteiger partial charge in [-0.15, -0.1) is 0 Å². The van der Waals surface area contributed by atoms with Crippen molar-refractivity contribution in [2.45, 2.75) is 90.4 Å². The maximum atomic E-state index is 13.2. The first-order chi connectivity index (χ1) is 33.2. The number of benzene rings is 3. The summed E-state index contributed by atoms with van der Waals surface area (Å²) in [5, 5.41) is 12.0. The van der Waals surface area contributed by atoms with Crippen LogP contribution in [0.2, 0.25) is 10.0 Å². The van der Waals surface area contributed by atoms with Crippen molar-refractivity contribution in [1.82, 2.24) is 43.3 Å². The number of anilines is 1. The molecule has 22 heteroatoms. The highest BCUT2D eigenvalue weighted by molar-refractivity contribution is 7.88. The number of aromatic nitrogens is 6. The first-order valence-corrected chi connectivity index (χ1v) is 27.6. The van der Waals surface area contributed by atoms with Crippen molar-refractivity contribution in [3.63, 3.8) is 0 Å². The summed E-state index contributed by atoms with van der Waals surface area (Å²) in [5.41, 5.74) is 9.38. The Hall–Kier alpha value is -5.64. The second-order valence-corrected chi connectivity index (χ2v) is 23.6. The zero-order valence-electron chi connectivity index (χ0n) is 39.4. The Balaban J connectivity index is 0.000000166. The number of nitrogens with one attached hydrogen (secondary N) is 1. The SMILES string of the molecule is Cc1noc(C)c1-c1ccc2c(c1)nc([C@@H]1CCC(=O)N1)n2[C@@H]1CCN(S(C)(=O)=O)C1.Cc1noc(C)c1-c1ccc2c(c1)nc([C@@H]1CCC(=O)N1c1cc(Cl)cc(Cl)c1)n2[C@@H]1CCN(S(C)(=O)=O)C1. The number of carbonyl (C=O) groups is 2. The van der Waals surface area contributed by atoms with Crippen LogP contribution in [0.3, 0.4) is 0 Å². The minimum Gasteiger partial charge on any atom is -0.361 e. The van der Waals surface area contributed by atoms with Crippen molar-refractivity contribution >= 4 is 82.8 Å². The van der Waals surface area contributed by atoms with Gasteiger partial charge in [0.15, 0.2) is 0 Å². The van der Waals surface area contributed by atoms with Crippen LogP contribution in [0.4, 0.5) is 5.69 Å². The van der Waals surface area contributed by atoms with Gasteiger partial charge in [0.2, 0.25) is 31.9 Å². The van der Waals surface area contributed by atoms with E-state index in [2.05, 4.69) is 24.8 Å². The molecule has 2 amide bonds. The number of amides is 2. The number of halogens is 2. The van der Waals surface area contributed by atoms with Crippen molar-refractivity contribution in [2.75, 3.05) is 43.6 Å². The van der Waals surface area contributed by atoms with Crippen LogP contribution in [0, 0.1) is 27.7 Å². The van der Waals surface area contributed by atoms with Gasteiger partial charge < -0.3 is 28.4 Å². The van der Waals surface area contributed by atoms with Gasteiger partial charge in [-0.05, 0) is 107 Å². The van der Waals surface area contributed by atoms with Crippen LogP contribution in [0.25, 0.3) is 44.3 Å². The molecular weight excluding hydrogens is 980 g/mol. The monoisotopic (exact) mass is 1030 g/mol. The third kappa shape index (κ3) is 8.91. The Morgan fingerprint density at radius 2 is 1.14 bits per heavy atom. The fraction of sp³-hybridized carbons (Fsp3) is 0.417. The van der Waals surface area contributed by atoms with Gasteiger partial charge in [0.05, 0.1) is 70.1 Å². The molecule has 4 aliphatic rings. The molecule has 1 N–H and O–H groups in total. The van der Waals surface area contributed by atoms with Gasteiger partial charge in [0, 0.05) is 65.9 Å². The molecule has 4 aromatic heterocycles. The van der Waals surface area contributed by atoms with E-state index >= 15 is 0 Å². The second-order valence-electron chi connectivity index (χ2n) is 18.7. The first-order valence-electron chi connectivity index (χ1n) is 23.1. The molecule has 11 rings (SSSR count). The summed E-state index contributed by atoms with van der Waals surface area (Å²) in [6, 6.07) is 16.5. The molecule has 7 aromatic rings. The van der Waals surface area contributed by atoms with Crippen molar-refractivity contribution in [1.29, 1.82) is 0 Å². The number of rotatable bonds is 9. The quantitative estimate of drug-likeness (QED) is 0.145. The molecular formula is C48H52Cl2N10O8S2. The smallest absolute Gasteiger partial charge is 0.227 e. The van der Waals surface area contributed by atoms with Crippen LogP contribution in [0.15, 0.2) is 63.6 Å². The van der Waals surface area contributed by atoms with E-state index in [0.717, 1.165) is 73.1 Å². The fourth-order valence-corrected chi connectivity index (χ4v) is 13.0. The highest BCUT2D eigenvalue weighted by atomic mass is 35.5. The average molecular weight is 1030 g/mol. The van der Waals surface area contributed by atoms with E-state index < -0.39 is 20.0 Å². The van der Waals surface area contributed by atoms with Gasteiger partial charge in [-0.3, -0.25) is 9.59 Å². The summed E-state index contributed by atoms with van der Waals surface area (Å²) in [6.45, 7) is 9.22. The van der Waals surface area contributed by atoms with E-state index in [1.54, 1.807) is 23.1 Å². The van der Waals surface area contributed by atoms with Gasteiger partial charge in [-0.1, -0.05) is 45.6 Å². The van der Waals surface area contributed by atoms with E-state index in [9.17, 15) is 26.4 Å². The number of aryl methyl sites for hydroxylation is 4. The lowest BCUT2D eigenvalue weighted by Crippen LogP contribution is -2.31. The normalized spacial score (nSPS) is 21.4. The van der Waals surface area contributed by atoms with Gasteiger partial charge in [-0.2, -0.15) is 0 Å². The summed E-state index contributed by atoms with van der Waals surface area (Å²) in [7, 11) is -6.60. The highest BCUT2D eigenvalue weighted by Crippen LogP contribution is 2.43. The first kappa shape index (κ1) is 48.0. The summed E-state index contributed by atoms with van der Waals surface area (Å²) >= 11 is 12.6. The Bertz CT molecular complexity index is 3420. The van der Waals surface area contributed by atoms with E-state index in [-0.39, 0.29) is 36.0 Å². The van der Waals surface area contributed by atoms with Crippen LogP contribution in [0.1, 0.15) is 97.2 Å². The van der Waals surface area contributed by atoms with Crippen molar-refractivity contribution < 1.29 is 35.5 Å². The Labute approximate surface area is 415 Å². The molecule has 4 saturated heterocycles. The van der Waals surface area contributed by atoms with Gasteiger partial charge in [0.1, 0.15) is 23.2 Å². The predicted molar refractivity (Wildman–Crippen MR) is 266 cm³/mol. The Morgan fingerprint density at radius 1 is 0.643 bits per heavy atom. The lowest BCUT2D eigenvalue weighted by molar-refractivity contribution is -0.119. The van der Waals surface area contributed by atoms with Crippen LogP contribution in [0.5, 0.6) is 0 Å². The van der Waals surface area contributed by atoms with E-state index in [1.165, 1.54) is 21.1 Å². The molecule has 8 heterocycles. The molecule has 0 spiro atoms. The van der Waals surface area contributed by atoms with Crippen LogP contribution in [-0.4, -0.2) is 105 Å². The number of hydrogen-bond acceptors (Lipinski definition) is 12. The number of nitrogens with zero attached hydrogens (tertiary/aromatic N) is 9. The zero-order chi connectivity index (χ0) is 49.6. The highest BCUT2D eigenvalue weighted by Gasteiger charge is 2.41. The van der Waals surface area contributed by atoms with E-state index in [4.69, 9.17) is 42.2 Å². The summed E-state index contributed by atoms with van der Waals surface area (Å²) in [4.78, 5) is 36.8. The fourth-order valence-electron chi connectivity index (χ4n) is 10.8. The minimum absolute atomic E-state index is 0.0178. The number of fused-ring (bicyclic) bond motifs is 2. The number of imidazole rings is 2. The van der Waals surface area contributed by atoms with Crippen LogP contribution in [-0.2, 0) is 29.6 Å². The Kier molecular flexibility index (Phi) is 12.5. The third-order valence-corrected chi connectivity index (χ3v) is 16.9. The molecule has 0 aliphatic carbocycles. The van der Waals surface area contributed by atoms with Gasteiger partial charge in [0.25, 0.3) is 0 Å². The minimum atomic E-state index is -3.34. The number of hydrogen-bond donors (Lipinski definition) is 1. The topological polar surface area (TPSA) is 212 Å². The molecule has 368 valence electrons. The average Bonchev–Trinajstić information content (AvgIpc) is 4.15. The summed E-state index contributed by atoms with van der Waals surface area (Å²) < 4.78 is 66.8. The van der Waals surface area contributed by atoms with Crippen molar-refractivity contribution in [3.8, 4) is 22.3 Å². The second kappa shape index (κ2) is 18.2. The van der Waals surface area contributed by atoms with E-state index in [0.29, 0.717) is 86.3 Å². The standard InChI is InChI=1S/C27H27Cl2N5O4S.C21H25N5O4S/c1-15-26(16(2)38-31-15)17-4-5-23-22(10-17)30-27(34(23)20-8-9-32(14-20)39(3,36)37)24-6-7-25(35)33(24)21-12-18(28)11-19(29)13-21;1-12-20(13(2)30-24-12)14-4-6-18-17(10-14)23-21(16-5-7-19(27)22-16)26(18)15-8-9-25(11-15)31(3,28)29/h4-5,10-13,20,24H,6-9,14H2,1-3H3;4,6,10,15-16H,5,7-9,11H2,1-3H3,(H,22,27)/t20-,24+;15-,16+/m11/s1. The molecule has 0 unspecified atom stereocenters.